The molecule has 2 amide bonds. The molecule has 0 saturated heterocycles. The Bertz CT molecular complexity index is 750. The first-order valence-electron chi connectivity index (χ1n) is 8.57. The van der Waals surface area contributed by atoms with Crippen LogP contribution >= 0.6 is 0 Å². The summed E-state index contributed by atoms with van der Waals surface area (Å²) in [4.78, 5) is 24.1. The third-order valence-electron chi connectivity index (χ3n) is 4.43. The zero-order valence-electron chi connectivity index (χ0n) is 14.3. The average Bonchev–Trinajstić information content (AvgIpc) is 3.47. The highest BCUT2D eigenvalue weighted by molar-refractivity contribution is 5.95. The van der Waals surface area contributed by atoms with Crippen LogP contribution in [0.5, 0.6) is 0 Å². The lowest BCUT2D eigenvalue weighted by Gasteiger charge is -2.15. The van der Waals surface area contributed by atoms with E-state index in [4.69, 9.17) is 5.73 Å². The van der Waals surface area contributed by atoms with Crippen LogP contribution in [0.4, 0.5) is 5.69 Å². The van der Waals surface area contributed by atoms with Gasteiger partial charge in [-0.15, -0.1) is 0 Å². The van der Waals surface area contributed by atoms with Crippen LogP contribution in [0.15, 0.2) is 48.5 Å². The van der Waals surface area contributed by atoms with E-state index in [0.29, 0.717) is 12.1 Å². The Morgan fingerprint density at radius 1 is 1.08 bits per heavy atom. The largest absolute Gasteiger partial charge is 0.346 e. The minimum atomic E-state index is -0.130. The van der Waals surface area contributed by atoms with Crippen LogP contribution in [0.2, 0.25) is 0 Å². The Morgan fingerprint density at radius 2 is 1.72 bits per heavy atom. The molecule has 25 heavy (non-hydrogen) atoms. The number of carbonyl (C=O) groups is 2. The van der Waals surface area contributed by atoms with Crippen molar-refractivity contribution in [3.8, 4) is 0 Å². The van der Waals surface area contributed by atoms with Gasteiger partial charge < -0.3 is 16.4 Å². The molecule has 1 fully saturated rings. The number of benzene rings is 2. The number of hydrogen-bond donors (Lipinski definition) is 3. The van der Waals surface area contributed by atoms with Gasteiger partial charge in [0.1, 0.15) is 0 Å². The molecule has 1 atom stereocenters. The zero-order valence-corrected chi connectivity index (χ0v) is 14.3. The molecule has 0 aliphatic heterocycles. The fourth-order valence-electron chi connectivity index (χ4n) is 2.60. The van der Waals surface area contributed by atoms with Crippen LogP contribution < -0.4 is 16.4 Å². The average molecular weight is 337 g/mol. The van der Waals surface area contributed by atoms with Crippen molar-refractivity contribution in [2.45, 2.75) is 32.4 Å². The summed E-state index contributed by atoms with van der Waals surface area (Å²) in [6.07, 6.45) is 1.97. The van der Waals surface area contributed by atoms with Crippen LogP contribution in [0.3, 0.4) is 0 Å². The molecule has 130 valence electrons. The van der Waals surface area contributed by atoms with E-state index in [-0.39, 0.29) is 23.8 Å². The summed E-state index contributed by atoms with van der Waals surface area (Å²) >= 11 is 0. The van der Waals surface area contributed by atoms with Gasteiger partial charge in [0, 0.05) is 23.7 Å². The number of nitrogens with two attached hydrogens (primary N) is 1. The van der Waals surface area contributed by atoms with Gasteiger partial charge in [0.2, 0.25) is 5.91 Å². The van der Waals surface area contributed by atoms with E-state index in [1.807, 2.05) is 43.3 Å². The van der Waals surface area contributed by atoms with Crippen molar-refractivity contribution in [2.24, 2.45) is 11.7 Å². The Hall–Kier alpha value is -2.66. The maximum atomic E-state index is 12.3. The predicted octanol–water partition coefficient (Wildman–Crippen LogP) is 2.98. The lowest BCUT2D eigenvalue weighted by molar-refractivity contribution is -0.117. The summed E-state index contributed by atoms with van der Waals surface area (Å²) in [5, 5.41) is 5.89. The van der Waals surface area contributed by atoms with Gasteiger partial charge in [0.15, 0.2) is 0 Å². The maximum Gasteiger partial charge on any atom is 0.251 e. The Balaban J connectivity index is 1.58. The molecule has 4 N–H and O–H groups in total. The van der Waals surface area contributed by atoms with Crippen molar-refractivity contribution in [1.82, 2.24) is 5.32 Å². The molecule has 1 aliphatic carbocycles. The van der Waals surface area contributed by atoms with Crippen LogP contribution in [0.1, 0.15) is 47.3 Å². The second-order valence-electron chi connectivity index (χ2n) is 6.48. The van der Waals surface area contributed by atoms with Gasteiger partial charge in [-0.3, -0.25) is 9.59 Å². The molecule has 0 aromatic heterocycles. The van der Waals surface area contributed by atoms with Gasteiger partial charge >= 0.3 is 0 Å². The summed E-state index contributed by atoms with van der Waals surface area (Å²) in [5.41, 5.74) is 8.94. The van der Waals surface area contributed by atoms with E-state index in [2.05, 4.69) is 10.6 Å². The predicted molar refractivity (Wildman–Crippen MR) is 98.0 cm³/mol. The van der Waals surface area contributed by atoms with Gasteiger partial charge in [-0.1, -0.05) is 24.3 Å². The fraction of sp³-hybridized carbons (Fsp3) is 0.300. The van der Waals surface area contributed by atoms with Crippen molar-refractivity contribution < 1.29 is 9.59 Å². The number of carbonyl (C=O) groups excluding carboxylic acids is 2. The number of anilines is 1. The summed E-state index contributed by atoms with van der Waals surface area (Å²) in [6.45, 7) is 2.39. The van der Waals surface area contributed by atoms with E-state index in [0.717, 1.165) is 29.7 Å². The van der Waals surface area contributed by atoms with E-state index in [1.165, 1.54) is 0 Å². The Labute approximate surface area is 147 Å². The molecule has 5 nitrogen and oxygen atoms in total. The molecule has 2 aromatic rings. The van der Waals surface area contributed by atoms with Crippen molar-refractivity contribution >= 4 is 17.5 Å². The molecule has 1 aliphatic rings. The number of hydrogen-bond acceptors (Lipinski definition) is 3. The molecule has 3 rings (SSSR count). The fourth-order valence-corrected chi connectivity index (χ4v) is 2.60. The summed E-state index contributed by atoms with van der Waals surface area (Å²) < 4.78 is 0. The van der Waals surface area contributed by atoms with E-state index < -0.39 is 0 Å². The van der Waals surface area contributed by atoms with E-state index in [1.54, 1.807) is 12.1 Å². The molecular formula is C20H23N3O2. The van der Waals surface area contributed by atoms with Crippen LogP contribution in [0.25, 0.3) is 0 Å². The maximum absolute atomic E-state index is 12.3. The molecular weight excluding hydrogens is 314 g/mol. The van der Waals surface area contributed by atoms with Gasteiger partial charge in [-0.25, -0.2) is 0 Å². The lowest BCUT2D eigenvalue weighted by Crippen LogP contribution is -2.26. The molecule has 0 bridgehead atoms. The van der Waals surface area contributed by atoms with E-state index in [9.17, 15) is 9.59 Å². The van der Waals surface area contributed by atoms with Gasteiger partial charge in [-0.05, 0) is 55.2 Å². The second kappa shape index (κ2) is 7.49. The van der Waals surface area contributed by atoms with Crippen LogP contribution in [-0.2, 0) is 11.3 Å². The van der Waals surface area contributed by atoms with Gasteiger partial charge in [-0.2, -0.15) is 0 Å². The molecule has 0 spiro atoms. The highest BCUT2D eigenvalue weighted by Gasteiger charge is 2.29. The smallest absolute Gasteiger partial charge is 0.251 e. The van der Waals surface area contributed by atoms with Crippen LogP contribution in [-0.4, -0.2) is 11.8 Å². The molecule has 2 aromatic carbocycles. The minimum absolute atomic E-state index is 0.0926. The first-order chi connectivity index (χ1) is 12.1. The van der Waals surface area contributed by atoms with Crippen LogP contribution in [0, 0.1) is 5.92 Å². The third kappa shape index (κ3) is 4.45. The SMILES string of the molecule is CC(NC(=O)c1ccc(CN)cc1)c1ccc(NC(=O)C2CC2)cc1. The Morgan fingerprint density at radius 3 is 2.28 bits per heavy atom. The van der Waals surface area contributed by atoms with Crippen molar-refractivity contribution in [3.63, 3.8) is 0 Å². The number of amides is 2. The van der Waals surface area contributed by atoms with Crippen molar-refractivity contribution in [3.05, 3.63) is 65.2 Å². The molecule has 0 radical (unpaired) electrons. The molecule has 5 heteroatoms. The first kappa shape index (κ1) is 17.2. The Kier molecular flexibility index (Phi) is 5.14. The molecule has 0 heterocycles. The highest BCUT2D eigenvalue weighted by atomic mass is 16.2. The quantitative estimate of drug-likeness (QED) is 0.757. The molecule has 1 unspecified atom stereocenters. The van der Waals surface area contributed by atoms with E-state index >= 15 is 0 Å². The minimum Gasteiger partial charge on any atom is -0.346 e. The standard InChI is InChI=1S/C20H23N3O2/c1-13(22-19(24)16-4-2-14(12-21)3-5-16)15-8-10-18(11-9-15)23-20(25)17-6-7-17/h2-5,8-11,13,17H,6-7,12,21H2,1H3,(H,22,24)(H,23,25). The third-order valence-corrected chi connectivity index (χ3v) is 4.43. The monoisotopic (exact) mass is 337 g/mol. The zero-order chi connectivity index (χ0) is 17.8. The summed E-state index contributed by atoms with van der Waals surface area (Å²) in [6, 6.07) is 14.7. The van der Waals surface area contributed by atoms with Crippen molar-refractivity contribution in [2.75, 3.05) is 5.32 Å². The van der Waals surface area contributed by atoms with Crippen molar-refractivity contribution in [1.29, 1.82) is 0 Å². The first-order valence-corrected chi connectivity index (χ1v) is 8.57. The second-order valence-corrected chi connectivity index (χ2v) is 6.48. The number of rotatable bonds is 6. The summed E-state index contributed by atoms with van der Waals surface area (Å²) in [7, 11) is 0. The molecule has 1 saturated carbocycles. The van der Waals surface area contributed by atoms with Gasteiger partial charge in [0.25, 0.3) is 5.91 Å². The number of nitrogens with one attached hydrogen (secondary N) is 2. The lowest BCUT2D eigenvalue weighted by atomic mass is 10.1. The highest BCUT2D eigenvalue weighted by Crippen LogP contribution is 2.30. The van der Waals surface area contributed by atoms with Gasteiger partial charge in [0.05, 0.1) is 6.04 Å². The topological polar surface area (TPSA) is 84.2 Å². The summed E-state index contributed by atoms with van der Waals surface area (Å²) in [5.74, 6) is 0.153. The normalized spacial score (nSPS) is 14.6.